The van der Waals surface area contributed by atoms with Gasteiger partial charge in [0.1, 0.15) is 0 Å². The van der Waals surface area contributed by atoms with Crippen LogP contribution in [0.15, 0.2) is 12.1 Å². The van der Waals surface area contributed by atoms with Crippen molar-refractivity contribution in [3.8, 4) is 0 Å². The monoisotopic (exact) mass is 293 g/mol. The van der Waals surface area contributed by atoms with Crippen LogP contribution in [0.2, 0.25) is 0 Å². The molecule has 1 aliphatic carbocycles. The Morgan fingerprint density at radius 1 is 1.43 bits per heavy atom. The van der Waals surface area contributed by atoms with E-state index < -0.39 is 10.9 Å². The van der Waals surface area contributed by atoms with Crippen LogP contribution in [0.25, 0.3) is 0 Å². The van der Waals surface area contributed by atoms with Gasteiger partial charge in [0.05, 0.1) is 10.8 Å². The summed E-state index contributed by atoms with van der Waals surface area (Å²) in [6.07, 6.45) is 2.99. The number of carbonyl (C=O) groups is 1. The summed E-state index contributed by atoms with van der Waals surface area (Å²) in [5.41, 5.74) is 0.692. The molecule has 1 aromatic heterocycles. The number of aromatic nitrogens is 1. The van der Waals surface area contributed by atoms with Crippen molar-refractivity contribution in [1.82, 2.24) is 4.98 Å². The summed E-state index contributed by atoms with van der Waals surface area (Å²) < 4.78 is 0. The van der Waals surface area contributed by atoms with Crippen molar-refractivity contribution < 1.29 is 14.8 Å². The number of pyridine rings is 1. The Morgan fingerprint density at radius 2 is 2.10 bits per heavy atom. The van der Waals surface area contributed by atoms with Gasteiger partial charge >= 0.3 is 11.7 Å². The number of hydrogen-bond donors (Lipinski definition) is 2. The summed E-state index contributed by atoms with van der Waals surface area (Å²) in [6.45, 7) is 2.37. The SMILES string of the molecule is Cc1ccc([N+](=O)[O-])c(NCC2CCC(C(=O)O)CC2)n1. The Kier molecular flexibility index (Phi) is 4.72. The van der Waals surface area contributed by atoms with Crippen molar-refractivity contribution in [3.63, 3.8) is 0 Å². The summed E-state index contributed by atoms with van der Waals surface area (Å²) in [5.74, 6) is -0.340. The number of carboxylic acid groups (broad SMARTS) is 1. The van der Waals surface area contributed by atoms with Crippen molar-refractivity contribution in [3.05, 3.63) is 27.9 Å². The highest BCUT2D eigenvalue weighted by Gasteiger charge is 2.26. The highest BCUT2D eigenvalue weighted by Crippen LogP contribution is 2.30. The summed E-state index contributed by atoms with van der Waals surface area (Å²) in [5, 5.41) is 23.0. The number of aryl methyl sites for hydroxylation is 1. The molecule has 7 nitrogen and oxygen atoms in total. The lowest BCUT2D eigenvalue weighted by Gasteiger charge is -2.26. The van der Waals surface area contributed by atoms with Gasteiger partial charge in [-0.2, -0.15) is 0 Å². The molecule has 114 valence electrons. The molecule has 0 unspecified atom stereocenters. The van der Waals surface area contributed by atoms with Crippen LogP contribution in [0, 0.1) is 28.9 Å². The zero-order valence-electron chi connectivity index (χ0n) is 11.9. The fourth-order valence-corrected chi connectivity index (χ4v) is 2.68. The van der Waals surface area contributed by atoms with E-state index in [0.29, 0.717) is 31.1 Å². The molecule has 2 rings (SSSR count). The lowest BCUT2D eigenvalue weighted by Crippen LogP contribution is -2.25. The predicted octanol–water partition coefficient (Wildman–Crippen LogP) is 2.60. The molecule has 0 aromatic carbocycles. The van der Waals surface area contributed by atoms with Crippen molar-refractivity contribution in [2.45, 2.75) is 32.6 Å². The van der Waals surface area contributed by atoms with Crippen LogP contribution in [-0.4, -0.2) is 27.5 Å². The maximum absolute atomic E-state index is 11.0. The van der Waals surface area contributed by atoms with E-state index in [9.17, 15) is 14.9 Å². The Morgan fingerprint density at radius 3 is 2.67 bits per heavy atom. The first-order valence-electron chi connectivity index (χ1n) is 7.06. The van der Waals surface area contributed by atoms with E-state index >= 15 is 0 Å². The van der Waals surface area contributed by atoms with E-state index in [-0.39, 0.29) is 11.6 Å². The second kappa shape index (κ2) is 6.51. The number of anilines is 1. The quantitative estimate of drug-likeness (QED) is 0.638. The van der Waals surface area contributed by atoms with Gasteiger partial charge in [-0.25, -0.2) is 4.98 Å². The number of rotatable bonds is 5. The van der Waals surface area contributed by atoms with E-state index in [1.165, 1.54) is 6.07 Å². The minimum absolute atomic E-state index is 0.0279. The Bertz CT molecular complexity index is 539. The number of aliphatic carboxylic acids is 1. The van der Waals surface area contributed by atoms with Crippen LogP contribution in [0.3, 0.4) is 0 Å². The molecule has 1 aliphatic rings. The number of nitrogens with one attached hydrogen (secondary N) is 1. The predicted molar refractivity (Wildman–Crippen MR) is 77.2 cm³/mol. The largest absolute Gasteiger partial charge is 0.481 e. The van der Waals surface area contributed by atoms with E-state index in [2.05, 4.69) is 10.3 Å². The van der Waals surface area contributed by atoms with Gasteiger partial charge in [0.2, 0.25) is 5.82 Å². The first-order chi connectivity index (χ1) is 9.97. The molecule has 0 radical (unpaired) electrons. The van der Waals surface area contributed by atoms with Crippen LogP contribution in [0.4, 0.5) is 11.5 Å². The Hall–Kier alpha value is -2.18. The maximum atomic E-state index is 11.0. The smallest absolute Gasteiger partial charge is 0.311 e. The van der Waals surface area contributed by atoms with Crippen molar-refractivity contribution in [1.29, 1.82) is 0 Å². The van der Waals surface area contributed by atoms with E-state index in [0.717, 1.165) is 18.5 Å². The minimum Gasteiger partial charge on any atom is -0.481 e. The Labute approximate surface area is 122 Å². The number of nitrogens with zero attached hydrogens (tertiary/aromatic N) is 2. The third-order valence-electron chi connectivity index (χ3n) is 3.96. The van der Waals surface area contributed by atoms with Gasteiger partial charge in [-0.05, 0) is 44.6 Å². The van der Waals surface area contributed by atoms with Crippen molar-refractivity contribution >= 4 is 17.5 Å². The minimum atomic E-state index is -0.725. The molecule has 0 aliphatic heterocycles. The number of hydrogen-bond acceptors (Lipinski definition) is 5. The molecular formula is C14H19N3O4. The molecule has 0 saturated heterocycles. The van der Waals surface area contributed by atoms with Gasteiger partial charge in [0.15, 0.2) is 0 Å². The maximum Gasteiger partial charge on any atom is 0.311 e. The highest BCUT2D eigenvalue weighted by molar-refractivity contribution is 5.70. The van der Waals surface area contributed by atoms with Crippen LogP contribution in [0.1, 0.15) is 31.4 Å². The lowest BCUT2D eigenvalue weighted by molar-refractivity contribution is -0.384. The normalized spacial score (nSPS) is 21.8. The average Bonchev–Trinajstić information content (AvgIpc) is 2.45. The van der Waals surface area contributed by atoms with Gasteiger partial charge < -0.3 is 10.4 Å². The first-order valence-corrected chi connectivity index (χ1v) is 7.06. The molecule has 1 fully saturated rings. The third-order valence-corrected chi connectivity index (χ3v) is 3.96. The van der Waals surface area contributed by atoms with Crippen LogP contribution in [0.5, 0.6) is 0 Å². The zero-order chi connectivity index (χ0) is 15.4. The average molecular weight is 293 g/mol. The van der Waals surface area contributed by atoms with Crippen LogP contribution in [-0.2, 0) is 4.79 Å². The molecule has 1 aromatic rings. The summed E-state index contributed by atoms with van der Waals surface area (Å²) in [6, 6.07) is 3.06. The summed E-state index contributed by atoms with van der Waals surface area (Å²) in [7, 11) is 0. The molecule has 0 spiro atoms. The van der Waals surface area contributed by atoms with Crippen molar-refractivity contribution in [2.24, 2.45) is 11.8 Å². The van der Waals surface area contributed by atoms with Gasteiger partial charge in [0.25, 0.3) is 0 Å². The number of carboxylic acids is 1. The molecule has 0 amide bonds. The second-order valence-electron chi connectivity index (χ2n) is 5.51. The van der Waals surface area contributed by atoms with E-state index in [1.807, 2.05) is 0 Å². The Balaban J connectivity index is 1.93. The molecule has 21 heavy (non-hydrogen) atoms. The summed E-state index contributed by atoms with van der Waals surface area (Å²) >= 11 is 0. The third kappa shape index (κ3) is 3.90. The molecule has 7 heteroatoms. The van der Waals surface area contributed by atoms with Crippen molar-refractivity contribution in [2.75, 3.05) is 11.9 Å². The zero-order valence-corrected chi connectivity index (χ0v) is 11.9. The second-order valence-corrected chi connectivity index (χ2v) is 5.51. The standard InChI is InChI=1S/C14H19N3O4/c1-9-2-7-12(17(20)21)13(16-9)15-8-10-3-5-11(6-4-10)14(18)19/h2,7,10-11H,3-6,8H2,1H3,(H,15,16)(H,18,19). The molecular weight excluding hydrogens is 274 g/mol. The first kappa shape index (κ1) is 15.2. The molecule has 1 heterocycles. The molecule has 1 saturated carbocycles. The van der Waals surface area contributed by atoms with Gasteiger partial charge in [-0.15, -0.1) is 0 Å². The summed E-state index contributed by atoms with van der Waals surface area (Å²) in [4.78, 5) is 25.6. The van der Waals surface area contributed by atoms with Gasteiger partial charge in [-0.3, -0.25) is 14.9 Å². The van der Waals surface area contributed by atoms with Crippen LogP contribution < -0.4 is 5.32 Å². The lowest BCUT2D eigenvalue weighted by atomic mass is 9.82. The molecule has 2 N–H and O–H groups in total. The van der Waals surface area contributed by atoms with Gasteiger partial charge in [-0.1, -0.05) is 0 Å². The fraction of sp³-hybridized carbons (Fsp3) is 0.571. The van der Waals surface area contributed by atoms with E-state index in [1.54, 1.807) is 13.0 Å². The fourth-order valence-electron chi connectivity index (χ4n) is 2.68. The molecule has 0 atom stereocenters. The highest BCUT2D eigenvalue weighted by atomic mass is 16.6. The van der Waals surface area contributed by atoms with Crippen LogP contribution >= 0.6 is 0 Å². The van der Waals surface area contributed by atoms with E-state index in [4.69, 9.17) is 5.11 Å². The topological polar surface area (TPSA) is 105 Å². The molecule has 0 bridgehead atoms. The number of nitro groups is 1. The van der Waals surface area contributed by atoms with Gasteiger partial charge in [0, 0.05) is 18.3 Å².